The normalized spacial score (nSPS) is 11.5. The van der Waals surface area contributed by atoms with Gasteiger partial charge in [-0.25, -0.2) is 13.1 Å². The summed E-state index contributed by atoms with van der Waals surface area (Å²) in [5.41, 5.74) is 1.54. The number of hydrogen-bond donors (Lipinski definition) is 2. The summed E-state index contributed by atoms with van der Waals surface area (Å²) in [5, 5.41) is 11.3. The van der Waals surface area contributed by atoms with Gasteiger partial charge in [0.2, 0.25) is 15.9 Å². The fourth-order valence-corrected chi connectivity index (χ4v) is 3.78. The number of nitrogens with zero attached hydrogens (tertiary/aromatic N) is 1. The largest absolute Gasteiger partial charge is 0.493 e. The van der Waals surface area contributed by atoms with Gasteiger partial charge in [0.1, 0.15) is 5.75 Å². The predicted octanol–water partition coefficient (Wildman–Crippen LogP) is 3.97. The number of ether oxygens (including phenoxy) is 1. The average Bonchev–Trinajstić information content (AvgIpc) is 2.71. The lowest BCUT2D eigenvalue weighted by molar-refractivity contribution is -0.116. The molecule has 2 N–H and O–H groups in total. The molecule has 1 amide bonds. The van der Waals surface area contributed by atoms with Crippen LogP contribution in [0.4, 0.5) is 5.69 Å². The van der Waals surface area contributed by atoms with Crippen molar-refractivity contribution in [2.45, 2.75) is 50.3 Å². The monoisotopic (exact) mass is 443 g/mol. The third-order valence-corrected chi connectivity index (χ3v) is 5.97. The van der Waals surface area contributed by atoms with Gasteiger partial charge in [0, 0.05) is 31.1 Å². The van der Waals surface area contributed by atoms with Crippen LogP contribution in [-0.2, 0) is 20.2 Å². The summed E-state index contributed by atoms with van der Waals surface area (Å²) in [7, 11) is -3.69. The van der Waals surface area contributed by atoms with Crippen molar-refractivity contribution in [3.8, 4) is 11.8 Å². The SMILES string of the molecule is CC(C)(C)c1ccc(S(=O)(=O)NCCC(=O)Nc2cccc(OCCCC#N)c2)cc1. The van der Waals surface area contributed by atoms with Gasteiger partial charge in [0.05, 0.1) is 17.6 Å². The number of benzene rings is 2. The molecule has 0 radical (unpaired) electrons. The molecule has 2 aromatic carbocycles. The Hall–Kier alpha value is -2.89. The highest BCUT2D eigenvalue weighted by atomic mass is 32.2. The van der Waals surface area contributed by atoms with Gasteiger partial charge in [-0.05, 0) is 41.7 Å². The van der Waals surface area contributed by atoms with Crippen LogP contribution in [0.25, 0.3) is 0 Å². The fourth-order valence-electron chi connectivity index (χ4n) is 2.74. The maximum absolute atomic E-state index is 12.4. The minimum Gasteiger partial charge on any atom is -0.493 e. The molecule has 0 heterocycles. The van der Waals surface area contributed by atoms with Gasteiger partial charge < -0.3 is 10.1 Å². The zero-order chi connectivity index (χ0) is 22.9. The first-order chi connectivity index (χ1) is 14.6. The van der Waals surface area contributed by atoms with E-state index in [2.05, 4.69) is 36.9 Å². The van der Waals surface area contributed by atoms with Crippen molar-refractivity contribution in [2.75, 3.05) is 18.5 Å². The van der Waals surface area contributed by atoms with E-state index in [1.54, 1.807) is 48.5 Å². The maximum Gasteiger partial charge on any atom is 0.240 e. The lowest BCUT2D eigenvalue weighted by atomic mass is 9.87. The van der Waals surface area contributed by atoms with Crippen LogP contribution < -0.4 is 14.8 Å². The van der Waals surface area contributed by atoms with Crippen molar-refractivity contribution in [3.63, 3.8) is 0 Å². The average molecular weight is 444 g/mol. The topological polar surface area (TPSA) is 108 Å². The molecule has 0 aromatic heterocycles. The van der Waals surface area contributed by atoms with Crippen LogP contribution in [0.1, 0.15) is 45.6 Å². The first-order valence-electron chi connectivity index (χ1n) is 10.1. The second-order valence-corrected chi connectivity index (χ2v) is 9.88. The molecule has 0 unspecified atom stereocenters. The van der Waals surface area contributed by atoms with Crippen LogP contribution in [-0.4, -0.2) is 27.5 Å². The summed E-state index contributed by atoms with van der Waals surface area (Å²) >= 11 is 0. The fraction of sp³-hybridized carbons (Fsp3) is 0.391. The minimum absolute atomic E-state index is 0.00738. The standard InChI is InChI=1S/C23H29N3O4S/c1-23(2,3)18-9-11-21(12-10-18)31(28,29)25-15-13-22(27)26-19-7-6-8-20(17-19)30-16-5-4-14-24/h6-12,17,25H,4-5,13,15-16H2,1-3H3,(H,26,27). The number of amides is 1. The molecule has 0 fully saturated rings. The highest BCUT2D eigenvalue weighted by molar-refractivity contribution is 7.89. The van der Waals surface area contributed by atoms with Gasteiger partial charge in [0.15, 0.2) is 0 Å². The van der Waals surface area contributed by atoms with Crippen molar-refractivity contribution in [3.05, 3.63) is 54.1 Å². The lowest BCUT2D eigenvalue weighted by Crippen LogP contribution is -2.28. The van der Waals surface area contributed by atoms with Crippen LogP contribution >= 0.6 is 0 Å². The Labute approximate surface area is 184 Å². The minimum atomic E-state index is -3.69. The molecule has 0 aliphatic heterocycles. The van der Waals surface area contributed by atoms with Crippen molar-refractivity contribution in [1.82, 2.24) is 4.72 Å². The number of sulfonamides is 1. The number of carbonyl (C=O) groups is 1. The number of hydrogen-bond acceptors (Lipinski definition) is 5. The molecule has 166 valence electrons. The summed E-state index contributed by atoms with van der Waals surface area (Å²) in [4.78, 5) is 12.3. The van der Waals surface area contributed by atoms with E-state index >= 15 is 0 Å². The zero-order valence-electron chi connectivity index (χ0n) is 18.1. The molecule has 0 spiro atoms. The molecular formula is C23H29N3O4S. The van der Waals surface area contributed by atoms with Crippen LogP contribution in [0.15, 0.2) is 53.4 Å². The Morgan fingerprint density at radius 1 is 1.13 bits per heavy atom. The van der Waals surface area contributed by atoms with Crippen LogP contribution in [0.2, 0.25) is 0 Å². The van der Waals surface area contributed by atoms with E-state index in [0.29, 0.717) is 30.9 Å². The number of carbonyl (C=O) groups excluding carboxylic acids is 1. The molecule has 0 bridgehead atoms. The Morgan fingerprint density at radius 2 is 1.84 bits per heavy atom. The van der Waals surface area contributed by atoms with E-state index in [0.717, 1.165) is 5.56 Å². The third kappa shape index (κ3) is 8.04. The van der Waals surface area contributed by atoms with Crippen LogP contribution in [0, 0.1) is 11.3 Å². The summed E-state index contributed by atoms with van der Waals surface area (Å²) in [6.45, 7) is 6.58. The molecule has 0 aliphatic carbocycles. The number of unbranched alkanes of at least 4 members (excludes halogenated alkanes) is 1. The second kappa shape index (κ2) is 10.9. The number of nitrogens with one attached hydrogen (secondary N) is 2. The molecule has 8 heteroatoms. The molecule has 31 heavy (non-hydrogen) atoms. The van der Waals surface area contributed by atoms with Crippen molar-refractivity contribution >= 4 is 21.6 Å². The first kappa shape index (κ1) is 24.4. The lowest BCUT2D eigenvalue weighted by Gasteiger charge is -2.19. The zero-order valence-corrected chi connectivity index (χ0v) is 19.0. The van der Waals surface area contributed by atoms with Gasteiger partial charge in [-0.15, -0.1) is 0 Å². The van der Waals surface area contributed by atoms with E-state index in [9.17, 15) is 13.2 Å². The van der Waals surface area contributed by atoms with E-state index in [-0.39, 0.29) is 29.2 Å². The summed E-state index contributed by atoms with van der Waals surface area (Å²) in [6, 6.07) is 15.7. The van der Waals surface area contributed by atoms with Crippen LogP contribution in [0.3, 0.4) is 0 Å². The van der Waals surface area contributed by atoms with Gasteiger partial charge in [0.25, 0.3) is 0 Å². The maximum atomic E-state index is 12.4. The number of nitriles is 1. The highest BCUT2D eigenvalue weighted by Crippen LogP contribution is 2.23. The molecular weight excluding hydrogens is 414 g/mol. The summed E-state index contributed by atoms with van der Waals surface area (Å²) in [5.74, 6) is 0.280. The third-order valence-electron chi connectivity index (χ3n) is 4.49. The van der Waals surface area contributed by atoms with Gasteiger partial charge in [-0.3, -0.25) is 4.79 Å². The summed E-state index contributed by atoms with van der Waals surface area (Å²) in [6.07, 6.45) is 1.05. The van der Waals surface area contributed by atoms with E-state index in [1.165, 1.54) is 0 Å². The smallest absolute Gasteiger partial charge is 0.240 e. The number of anilines is 1. The van der Waals surface area contributed by atoms with Crippen molar-refractivity contribution < 1.29 is 17.9 Å². The summed E-state index contributed by atoms with van der Waals surface area (Å²) < 4.78 is 32.9. The second-order valence-electron chi connectivity index (χ2n) is 8.11. The van der Waals surface area contributed by atoms with E-state index in [1.807, 2.05) is 0 Å². The quantitative estimate of drug-likeness (QED) is 0.540. The Bertz CT molecular complexity index is 1020. The van der Waals surface area contributed by atoms with Crippen LogP contribution in [0.5, 0.6) is 5.75 Å². The van der Waals surface area contributed by atoms with E-state index < -0.39 is 10.0 Å². The molecule has 0 aliphatic rings. The first-order valence-corrected chi connectivity index (χ1v) is 11.6. The Morgan fingerprint density at radius 3 is 2.48 bits per heavy atom. The van der Waals surface area contributed by atoms with Crippen molar-refractivity contribution in [1.29, 1.82) is 5.26 Å². The number of rotatable bonds is 10. The van der Waals surface area contributed by atoms with Crippen molar-refractivity contribution in [2.24, 2.45) is 0 Å². The van der Waals surface area contributed by atoms with E-state index in [4.69, 9.17) is 10.00 Å². The molecule has 0 atom stereocenters. The molecule has 0 saturated carbocycles. The Kier molecular flexibility index (Phi) is 8.60. The van der Waals surface area contributed by atoms with Gasteiger partial charge >= 0.3 is 0 Å². The van der Waals surface area contributed by atoms with Gasteiger partial charge in [-0.1, -0.05) is 39.0 Å². The van der Waals surface area contributed by atoms with Gasteiger partial charge in [-0.2, -0.15) is 5.26 Å². The molecule has 0 saturated heterocycles. The molecule has 7 nitrogen and oxygen atoms in total. The predicted molar refractivity (Wildman–Crippen MR) is 120 cm³/mol. The highest BCUT2D eigenvalue weighted by Gasteiger charge is 2.17. The molecule has 2 aromatic rings. The molecule has 2 rings (SSSR count). The Balaban J connectivity index is 1.84.